The first-order valence-electron chi connectivity index (χ1n) is 7.09. The first kappa shape index (κ1) is 13.6. The lowest BCUT2D eigenvalue weighted by molar-refractivity contribution is 0.293. The van der Waals surface area contributed by atoms with Gasteiger partial charge in [-0.1, -0.05) is 6.92 Å². The standard InChI is InChI=1S/C14H25N3O/c1-4-17-8-5-6-13(7-9-17)16-12(3)14-15-10-11(2)18-14/h10,12-13,16H,4-9H2,1-3H3. The predicted octanol–water partition coefficient (Wildman–Crippen LogP) is 2.51. The number of rotatable bonds is 4. The Morgan fingerprint density at radius 2 is 2.33 bits per heavy atom. The molecule has 0 spiro atoms. The van der Waals surface area contributed by atoms with E-state index in [1.165, 1.54) is 38.9 Å². The van der Waals surface area contributed by atoms with Gasteiger partial charge in [0.2, 0.25) is 5.89 Å². The lowest BCUT2D eigenvalue weighted by Gasteiger charge is -2.20. The molecule has 1 aromatic rings. The second-order valence-electron chi connectivity index (χ2n) is 5.26. The summed E-state index contributed by atoms with van der Waals surface area (Å²) < 4.78 is 5.58. The van der Waals surface area contributed by atoms with Crippen molar-refractivity contribution < 1.29 is 4.42 Å². The molecule has 2 rings (SSSR count). The molecule has 0 aliphatic carbocycles. The highest BCUT2D eigenvalue weighted by molar-refractivity contribution is 4.95. The molecule has 0 saturated carbocycles. The van der Waals surface area contributed by atoms with E-state index < -0.39 is 0 Å². The minimum absolute atomic E-state index is 0.205. The molecule has 0 aromatic carbocycles. The molecule has 1 N–H and O–H groups in total. The molecule has 1 fully saturated rings. The Balaban J connectivity index is 1.85. The van der Waals surface area contributed by atoms with Gasteiger partial charge in [-0.2, -0.15) is 0 Å². The van der Waals surface area contributed by atoms with E-state index in [0.717, 1.165) is 11.7 Å². The van der Waals surface area contributed by atoms with Gasteiger partial charge < -0.3 is 14.6 Å². The second-order valence-corrected chi connectivity index (χ2v) is 5.26. The number of nitrogens with one attached hydrogen (secondary N) is 1. The molecular weight excluding hydrogens is 226 g/mol. The van der Waals surface area contributed by atoms with E-state index in [9.17, 15) is 0 Å². The summed E-state index contributed by atoms with van der Waals surface area (Å²) in [5, 5.41) is 3.65. The number of hydrogen-bond donors (Lipinski definition) is 1. The lowest BCUT2D eigenvalue weighted by Crippen LogP contribution is -2.33. The highest BCUT2D eigenvalue weighted by Crippen LogP contribution is 2.17. The molecule has 0 bridgehead atoms. The Morgan fingerprint density at radius 3 is 3.00 bits per heavy atom. The zero-order valence-electron chi connectivity index (χ0n) is 11.8. The molecule has 4 nitrogen and oxygen atoms in total. The molecule has 1 aliphatic rings. The van der Waals surface area contributed by atoms with Gasteiger partial charge in [-0.3, -0.25) is 0 Å². The molecule has 102 valence electrons. The number of likely N-dealkylation sites (tertiary alicyclic amines) is 1. The van der Waals surface area contributed by atoms with Gasteiger partial charge >= 0.3 is 0 Å². The van der Waals surface area contributed by atoms with Gasteiger partial charge in [-0.05, 0) is 52.7 Å². The van der Waals surface area contributed by atoms with Crippen molar-refractivity contribution >= 4 is 0 Å². The number of nitrogens with zero attached hydrogens (tertiary/aromatic N) is 2. The van der Waals surface area contributed by atoms with E-state index in [2.05, 4.69) is 29.0 Å². The maximum Gasteiger partial charge on any atom is 0.211 e. The summed E-state index contributed by atoms with van der Waals surface area (Å²) in [5.74, 6) is 1.70. The fourth-order valence-corrected chi connectivity index (χ4v) is 2.64. The Hall–Kier alpha value is -0.870. The van der Waals surface area contributed by atoms with Gasteiger partial charge in [0.15, 0.2) is 0 Å². The predicted molar refractivity (Wildman–Crippen MR) is 72.5 cm³/mol. The van der Waals surface area contributed by atoms with E-state index in [0.29, 0.717) is 6.04 Å². The summed E-state index contributed by atoms with van der Waals surface area (Å²) in [4.78, 5) is 6.83. The van der Waals surface area contributed by atoms with Gasteiger partial charge in [0.1, 0.15) is 5.76 Å². The number of oxazole rings is 1. The number of hydrogen-bond acceptors (Lipinski definition) is 4. The fraction of sp³-hybridized carbons (Fsp3) is 0.786. The van der Waals surface area contributed by atoms with Gasteiger partial charge in [-0.15, -0.1) is 0 Å². The van der Waals surface area contributed by atoms with Crippen LogP contribution in [0.2, 0.25) is 0 Å². The summed E-state index contributed by atoms with van der Waals surface area (Å²) in [6, 6.07) is 0.792. The van der Waals surface area contributed by atoms with E-state index >= 15 is 0 Å². The van der Waals surface area contributed by atoms with Crippen LogP contribution in [-0.4, -0.2) is 35.6 Å². The van der Waals surface area contributed by atoms with Crippen LogP contribution in [0.5, 0.6) is 0 Å². The highest BCUT2D eigenvalue weighted by atomic mass is 16.4. The lowest BCUT2D eigenvalue weighted by atomic mass is 10.1. The quantitative estimate of drug-likeness (QED) is 0.892. The maximum absolute atomic E-state index is 5.58. The largest absolute Gasteiger partial charge is 0.444 e. The van der Waals surface area contributed by atoms with Crippen molar-refractivity contribution in [3.8, 4) is 0 Å². The van der Waals surface area contributed by atoms with E-state index in [4.69, 9.17) is 4.42 Å². The van der Waals surface area contributed by atoms with Crippen molar-refractivity contribution in [1.29, 1.82) is 0 Å². The van der Waals surface area contributed by atoms with Gasteiger partial charge in [0.05, 0.1) is 12.2 Å². The smallest absolute Gasteiger partial charge is 0.211 e. The van der Waals surface area contributed by atoms with Gasteiger partial charge in [-0.25, -0.2) is 4.98 Å². The Kier molecular flexibility index (Phi) is 4.78. The molecule has 1 aromatic heterocycles. The van der Waals surface area contributed by atoms with Crippen LogP contribution in [0.25, 0.3) is 0 Å². The van der Waals surface area contributed by atoms with Crippen molar-refractivity contribution in [2.75, 3.05) is 19.6 Å². The molecule has 2 heterocycles. The molecule has 1 aliphatic heterocycles. The molecule has 0 amide bonds. The van der Waals surface area contributed by atoms with Crippen LogP contribution in [-0.2, 0) is 0 Å². The maximum atomic E-state index is 5.58. The Morgan fingerprint density at radius 1 is 1.50 bits per heavy atom. The summed E-state index contributed by atoms with van der Waals surface area (Å²) >= 11 is 0. The van der Waals surface area contributed by atoms with E-state index in [1.807, 2.05) is 6.92 Å². The first-order chi connectivity index (χ1) is 8.69. The molecule has 2 atom stereocenters. The van der Waals surface area contributed by atoms with Crippen molar-refractivity contribution in [3.05, 3.63) is 17.8 Å². The normalized spacial score (nSPS) is 23.8. The minimum Gasteiger partial charge on any atom is -0.444 e. The van der Waals surface area contributed by atoms with Crippen LogP contribution in [0, 0.1) is 6.92 Å². The molecule has 18 heavy (non-hydrogen) atoms. The van der Waals surface area contributed by atoms with Crippen LogP contribution in [0.3, 0.4) is 0 Å². The molecular formula is C14H25N3O. The first-order valence-corrected chi connectivity index (χ1v) is 7.09. The fourth-order valence-electron chi connectivity index (χ4n) is 2.64. The van der Waals surface area contributed by atoms with Crippen LogP contribution < -0.4 is 5.32 Å². The topological polar surface area (TPSA) is 41.3 Å². The third-order valence-electron chi connectivity index (χ3n) is 3.76. The van der Waals surface area contributed by atoms with Crippen LogP contribution in [0.4, 0.5) is 0 Å². The average Bonchev–Trinajstić information content (AvgIpc) is 2.67. The third-order valence-corrected chi connectivity index (χ3v) is 3.76. The van der Waals surface area contributed by atoms with Crippen molar-refractivity contribution in [3.63, 3.8) is 0 Å². The van der Waals surface area contributed by atoms with Crippen molar-refractivity contribution in [2.24, 2.45) is 0 Å². The number of aromatic nitrogens is 1. The molecule has 2 unspecified atom stereocenters. The van der Waals surface area contributed by atoms with E-state index in [-0.39, 0.29) is 6.04 Å². The molecule has 1 saturated heterocycles. The van der Waals surface area contributed by atoms with Gasteiger partial charge in [0, 0.05) is 6.04 Å². The molecule has 4 heteroatoms. The SMILES string of the molecule is CCN1CCCC(NC(C)c2ncc(C)o2)CC1. The van der Waals surface area contributed by atoms with Crippen LogP contribution in [0.1, 0.15) is 50.8 Å². The summed E-state index contributed by atoms with van der Waals surface area (Å²) in [6.07, 6.45) is 5.54. The summed E-state index contributed by atoms with van der Waals surface area (Å²) in [6.45, 7) is 9.92. The zero-order chi connectivity index (χ0) is 13.0. The summed E-state index contributed by atoms with van der Waals surface area (Å²) in [7, 11) is 0. The number of aryl methyl sites for hydroxylation is 1. The van der Waals surface area contributed by atoms with Crippen LogP contribution in [0.15, 0.2) is 10.6 Å². The highest BCUT2D eigenvalue weighted by Gasteiger charge is 2.20. The monoisotopic (exact) mass is 251 g/mol. The zero-order valence-corrected chi connectivity index (χ0v) is 11.8. The van der Waals surface area contributed by atoms with Gasteiger partial charge in [0.25, 0.3) is 0 Å². The van der Waals surface area contributed by atoms with Crippen LogP contribution >= 0.6 is 0 Å². The van der Waals surface area contributed by atoms with Crippen molar-refractivity contribution in [1.82, 2.24) is 15.2 Å². The molecule has 0 radical (unpaired) electrons. The second kappa shape index (κ2) is 6.34. The third kappa shape index (κ3) is 3.56. The Bertz CT molecular complexity index is 364. The van der Waals surface area contributed by atoms with E-state index in [1.54, 1.807) is 6.20 Å². The minimum atomic E-state index is 0.205. The van der Waals surface area contributed by atoms with Crippen molar-refractivity contribution in [2.45, 2.75) is 52.1 Å². The summed E-state index contributed by atoms with van der Waals surface area (Å²) in [5.41, 5.74) is 0. The average molecular weight is 251 g/mol. The Labute approximate surface area is 110 Å².